The molecule has 2 atom stereocenters. The molecule has 1 aromatic heterocycles. The monoisotopic (exact) mass is 493 g/mol. The minimum Gasteiger partial charge on any atom is -0.358 e. The molecule has 1 aliphatic heterocycles. The first-order chi connectivity index (χ1) is 18.0. The van der Waals surface area contributed by atoms with Crippen molar-refractivity contribution in [3.05, 3.63) is 140 Å². The smallest absolute Gasteiger partial charge is 0.346 e. The first-order valence-corrected chi connectivity index (χ1v) is 12.3. The van der Waals surface area contributed by atoms with Crippen LogP contribution < -0.4 is 11.2 Å². The van der Waals surface area contributed by atoms with Crippen LogP contribution >= 0.6 is 0 Å². The normalized spacial score (nSPS) is 17.4. The van der Waals surface area contributed by atoms with Crippen LogP contribution in [0.1, 0.15) is 41.3 Å². The van der Waals surface area contributed by atoms with Crippen molar-refractivity contribution in [2.24, 2.45) is 0 Å². The highest BCUT2D eigenvalue weighted by Gasteiger charge is 2.39. The lowest BCUT2D eigenvalue weighted by Gasteiger charge is -2.36. The Morgan fingerprint density at radius 3 is 1.89 bits per heavy atom. The van der Waals surface area contributed by atoms with Gasteiger partial charge in [-0.15, -0.1) is 0 Å². The lowest BCUT2D eigenvalue weighted by Crippen LogP contribution is -2.40. The Bertz CT molecular complexity index is 1430. The van der Waals surface area contributed by atoms with Crippen LogP contribution in [0.15, 0.2) is 107 Å². The van der Waals surface area contributed by atoms with Crippen LogP contribution in [0, 0.1) is 18.4 Å². The van der Waals surface area contributed by atoms with E-state index in [2.05, 4.69) is 36.4 Å². The fraction of sp³-hybridized carbons (Fsp3) is 0.233. The molecule has 1 saturated heterocycles. The van der Waals surface area contributed by atoms with E-state index in [1.165, 1.54) is 10.8 Å². The first kappa shape index (κ1) is 24.4. The fourth-order valence-corrected chi connectivity index (χ4v) is 4.99. The van der Waals surface area contributed by atoms with Crippen molar-refractivity contribution in [2.75, 3.05) is 6.61 Å². The second kappa shape index (κ2) is 10.4. The van der Waals surface area contributed by atoms with Crippen LogP contribution in [-0.4, -0.2) is 21.8 Å². The second-order valence-corrected chi connectivity index (χ2v) is 9.12. The summed E-state index contributed by atoms with van der Waals surface area (Å²) in [5, 5.41) is 9.28. The summed E-state index contributed by atoms with van der Waals surface area (Å²) in [5.41, 5.74) is 1.12. The lowest BCUT2D eigenvalue weighted by molar-refractivity contribution is -0.0775. The Hall–Kier alpha value is -4.25. The average Bonchev–Trinajstić information content (AvgIpc) is 3.42. The number of ether oxygens (including phenoxy) is 2. The van der Waals surface area contributed by atoms with E-state index in [1.54, 1.807) is 13.1 Å². The number of benzene rings is 3. The molecule has 7 nitrogen and oxygen atoms in total. The van der Waals surface area contributed by atoms with Crippen molar-refractivity contribution < 1.29 is 9.47 Å². The fourth-order valence-electron chi connectivity index (χ4n) is 4.99. The summed E-state index contributed by atoms with van der Waals surface area (Å²) >= 11 is 0. The van der Waals surface area contributed by atoms with Crippen LogP contribution in [0.4, 0.5) is 0 Å². The van der Waals surface area contributed by atoms with Crippen molar-refractivity contribution in [3.63, 3.8) is 0 Å². The third-order valence-corrected chi connectivity index (χ3v) is 6.81. The van der Waals surface area contributed by atoms with Gasteiger partial charge in [-0.05, 0) is 36.5 Å². The second-order valence-electron chi connectivity index (χ2n) is 9.12. The zero-order chi connectivity index (χ0) is 25.8. The number of aryl methyl sites for hydroxylation is 1. The molecule has 0 bridgehead atoms. The van der Waals surface area contributed by atoms with Crippen molar-refractivity contribution in [1.82, 2.24) is 9.13 Å². The summed E-state index contributed by atoms with van der Waals surface area (Å²) in [5.74, 6) is 0. The van der Waals surface area contributed by atoms with Gasteiger partial charge >= 0.3 is 5.69 Å². The molecule has 2 heterocycles. The third kappa shape index (κ3) is 4.53. The molecule has 5 rings (SSSR count). The van der Waals surface area contributed by atoms with E-state index < -0.39 is 23.1 Å². The summed E-state index contributed by atoms with van der Waals surface area (Å²) in [7, 11) is 0. The van der Waals surface area contributed by atoms with E-state index in [1.807, 2.05) is 54.6 Å². The highest BCUT2D eigenvalue weighted by Crippen LogP contribution is 2.41. The Kier molecular flexibility index (Phi) is 6.87. The van der Waals surface area contributed by atoms with Gasteiger partial charge in [0.2, 0.25) is 0 Å². The van der Waals surface area contributed by atoms with Crippen LogP contribution in [0.2, 0.25) is 0 Å². The van der Waals surface area contributed by atoms with Crippen molar-refractivity contribution in [3.8, 4) is 6.19 Å². The Morgan fingerprint density at radius 1 is 0.892 bits per heavy atom. The van der Waals surface area contributed by atoms with Gasteiger partial charge < -0.3 is 9.47 Å². The van der Waals surface area contributed by atoms with Gasteiger partial charge in [0.15, 0.2) is 6.19 Å². The molecule has 1 aliphatic rings. The molecule has 0 amide bonds. The van der Waals surface area contributed by atoms with Crippen LogP contribution in [0.25, 0.3) is 0 Å². The maximum Gasteiger partial charge on any atom is 0.346 e. The van der Waals surface area contributed by atoms with Gasteiger partial charge in [-0.3, -0.25) is 9.36 Å². The zero-order valence-electron chi connectivity index (χ0n) is 20.5. The summed E-state index contributed by atoms with van der Waals surface area (Å²) in [6.45, 7) is 1.86. The van der Waals surface area contributed by atoms with Gasteiger partial charge in [0.25, 0.3) is 5.56 Å². The van der Waals surface area contributed by atoms with Gasteiger partial charge in [-0.2, -0.15) is 9.83 Å². The molecule has 0 radical (unpaired) electrons. The standard InChI is InChI=1S/C30H27N3O4/c1-22-19-32(29(35)33(21-31)28(22)34)27-18-17-26(37-27)20-36-30(23-11-5-2-6-12-23,24-13-7-3-8-14-24)25-15-9-4-10-16-25/h2-16,19,26-27H,17-18,20H2,1H3/t26-,27+/m0/s1. The van der Waals surface area contributed by atoms with E-state index >= 15 is 0 Å². The SMILES string of the molecule is Cc1cn([C@H]2CC[C@@H](COC(c3ccccc3)(c3ccccc3)c3ccccc3)O2)c(=O)n(C#N)c1=O. The molecule has 186 valence electrons. The molecule has 0 unspecified atom stereocenters. The molecule has 1 fully saturated rings. The number of nitrogens with zero attached hydrogens (tertiary/aromatic N) is 3. The maximum absolute atomic E-state index is 12.7. The number of hydrogen-bond donors (Lipinski definition) is 0. The quantitative estimate of drug-likeness (QED) is 0.358. The molecule has 0 aliphatic carbocycles. The molecule has 0 spiro atoms. The van der Waals surface area contributed by atoms with Gasteiger partial charge in [0, 0.05) is 11.8 Å². The average molecular weight is 494 g/mol. The Labute approximate surface area is 214 Å². The van der Waals surface area contributed by atoms with Gasteiger partial charge in [0.1, 0.15) is 11.8 Å². The van der Waals surface area contributed by atoms with Crippen LogP contribution in [0.5, 0.6) is 0 Å². The Balaban J connectivity index is 1.48. The van der Waals surface area contributed by atoms with E-state index in [9.17, 15) is 14.9 Å². The van der Waals surface area contributed by atoms with Crippen molar-refractivity contribution in [2.45, 2.75) is 37.7 Å². The molecule has 37 heavy (non-hydrogen) atoms. The van der Waals surface area contributed by atoms with Crippen LogP contribution in [-0.2, 0) is 15.1 Å². The maximum atomic E-state index is 12.7. The molecule has 0 saturated carbocycles. The lowest BCUT2D eigenvalue weighted by atomic mass is 9.80. The molecular formula is C30H27N3O4. The van der Waals surface area contributed by atoms with Gasteiger partial charge in [-0.25, -0.2) is 4.79 Å². The van der Waals surface area contributed by atoms with Crippen molar-refractivity contribution in [1.29, 1.82) is 5.26 Å². The summed E-state index contributed by atoms with van der Waals surface area (Å²) < 4.78 is 15.0. The molecular weight excluding hydrogens is 466 g/mol. The highest BCUT2D eigenvalue weighted by molar-refractivity contribution is 5.47. The van der Waals surface area contributed by atoms with Crippen LogP contribution in [0.3, 0.4) is 0 Å². The summed E-state index contributed by atoms with van der Waals surface area (Å²) in [4.78, 5) is 24.9. The van der Waals surface area contributed by atoms with E-state index in [0.717, 1.165) is 16.7 Å². The van der Waals surface area contributed by atoms with Gasteiger partial charge in [-0.1, -0.05) is 91.0 Å². The molecule has 0 N–H and O–H groups in total. The first-order valence-electron chi connectivity index (χ1n) is 12.3. The molecule has 3 aromatic carbocycles. The van der Waals surface area contributed by atoms with E-state index in [4.69, 9.17) is 9.47 Å². The van der Waals surface area contributed by atoms with Crippen molar-refractivity contribution >= 4 is 0 Å². The topological polar surface area (TPSA) is 86.2 Å². The van der Waals surface area contributed by atoms with E-state index in [0.29, 0.717) is 23.0 Å². The minimum absolute atomic E-state index is 0.279. The molecule has 7 heteroatoms. The number of hydrogen-bond acceptors (Lipinski definition) is 5. The number of aromatic nitrogens is 2. The summed E-state index contributed by atoms with van der Waals surface area (Å²) in [6, 6.07) is 30.3. The Morgan fingerprint density at radius 2 is 1.41 bits per heavy atom. The third-order valence-electron chi connectivity index (χ3n) is 6.81. The highest BCUT2D eigenvalue weighted by atomic mass is 16.6. The van der Waals surface area contributed by atoms with E-state index in [-0.39, 0.29) is 12.7 Å². The zero-order valence-corrected chi connectivity index (χ0v) is 20.5. The number of nitriles is 1. The molecule has 4 aromatic rings. The minimum atomic E-state index is -0.868. The predicted octanol–water partition coefficient (Wildman–Crippen LogP) is 4.33. The predicted molar refractivity (Wildman–Crippen MR) is 139 cm³/mol. The largest absolute Gasteiger partial charge is 0.358 e. The van der Waals surface area contributed by atoms with Gasteiger partial charge in [0.05, 0.1) is 12.7 Å². The summed E-state index contributed by atoms with van der Waals surface area (Å²) in [6.07, 6.45) is 3.49. The number of rotatable bonds is 7.